The van der Waals surface area contributed by atoms with Crippen molar-refractivity contribution in [1.82, 2.24) is 16.0 Å². The minimum absolute atomic E-state index is 0.143. The summed E-state index contributed by atoms with van der Waals surface area (Å²) in [4.78, 5) is 34.2. The van der Waals surface area contributed by atoms with Gasteiger partial charge in [-0.1, -0.05) is 6.92 Å². The summed E-state index contributed by atoms with van der Waals surface area (Å²) in [5.74, 6) is -1.29. The Morgan fingerprint density at radius 2 is 1.60 bits per heavy atom. The van der Waals surface area contributed by atoms with Crippen LogP contribution in [0.3, 0.4) is 0 Å². The summed E-state index contributed by atoms with van der Waals surface area (Å²) in [6.45, 7) is 8.65. The zero-order valence-corrected chi connectivity index (χ0v) is 12.8. The third kappa shape index (κ3) is 5.07. The van der Waals surface area contributed by atoms with Gasteiger partial charge >= 0.3 is 12.0 Å². The van der Waals surface area contributed by atoms with Crippen molar-refractivity contribution in [2.45, 2.75) is 46.6 Å². The fourth-order valence-electron chi connectivity index (χ4n) is 1.24. The van der Waals surface area contributed by atoms with Crippen molar-refractivity contribution >= 4 is 17.9 Å². The third-order valence-corrected chi connectivity index (χ3v) is 3.50. The molecule has 0 aromatic heterocycles. The molecule has 0 unspecified atom stereocenters. The lowest BCUT2D eigenvalue weighted by molar-refractivity contribution is -0.150. The Morgan fingerprint density at radius 1 is 1.05 bits per heavy atom. The van der Waals surface area contributed by atoms with Gasteiger partial charge in [-0.15, -0.1) is 0 Å². The summed E-state index contributed by atoms with van der Waals surface area (Å²) in [7, 11) is 0. The molecule has 4 N–H and O–H groups in total. The van der Waals surface area contributed by atoms with Crippen molar-refractivity contribution in [3.8, 4) is 0 Å². The van der Waals surface area contributed by atoms with E-state index in [1.807, 2.05) is 6.92 Å². The maximum absolute atomic E-state index is 11.7. The molecule has 0 bridgehead atoms. The van der Waals surface area contributed by atoms with Gasteiger partial charge in [0.1, 0.15) is 0 Å². The van der Waals surface area contributed by atoms with Crippen LogP contribution in [-0.4, -0.2) is 41.6 Å². The average molecular weight is 287 g/mol. The van der Waals surface area contributed by atoms with Crippen molar-refractivity contribution in [3.63, 3.8) is 0 Å². The number of carboxylic acid groups (broad SMARTS) is 1. The summed E-state index contributed by atoms with van der Waals surface area (Å²) in [6, 6.07) is -0.573. The molecule has 0 saturated heterocycles. The Bertz CT molecular complexity index is 378. The smallest absolute Gasteiger partial charge is 0.315 e. The van der Waals surface area contributed by atoms with Gasteiger partial charge in [-0.25, -0.2) is 4.79 Å². The van der Waals surface area contributed by atoms with Crippen LogP contribution in [0.5, 0.6) is 0 Å². The number of hydrogen-bond donors (Lipinski definition) is 4. The van der Waals surface area contributed by atoms with Crippen molar-refractivity contribution in [3.05, 3.63) is 0 Å². The molecule has 0 aliphatic rings. The summed E-state index contributed by atoms with van der Waals surface area (Å²) in [6.07, 6.45) is 0.817. The molecule has 0 heterocycles. The van der Waals surface area contributed by atoms with Crippen LogP contribution in [-0.2, 0) is 9.59 Å². The van der Waals surface area contributed by atoms with Crippen LogP contribution in [0.25, 0.3) is 0 Å². The Labute approximate surface area is 119 Å². The first kappa shape index (κ1) is 18.2. The molecule has 0 atom stereocenters. The van der Waals surface area contributed by atoms with Gasteiger partial charge in [0, 0.05) is 6.54 Å². The highest BCUT2D eigenvalue weighted by Crippen LogP contribution is 2.30. The number of urea groups is 1. The van der Waals surface area contributed by atoms with E-state index in [1.165, 1.54) is 13.8 Å². The highest BCUT2D eigenvalue weighted by Gasteiger charge is 2.44. The number of hydrogen-bond acceptors (Lipinski definition) is 3. The molecule has 20 heavy (non-hydrogen) atoms. The van der Waals surface area contributed by atoms with E-state index >= 15 is 0 Å². The Hall–Kier alpha value is -1.79. The molecule has 3 amide bonds. The predicted octanol–water partition coefficient (Wildman–Crippen LogP) is 0.701. The van der Waals surface area contributed by atoms with Crippen LogP contribution in [0.15, 0.2) is 0 Å². The molecule has 0 aromatic rings. The van der Waals surface area contributed by atoms with Gasteiger partial charge in [0.05, 0.1) is 17.5 Å². The second kappa shape index (κ2) is 7.12. The van der Waals surface area contributed by atoms with E-state index in [2.05, 4.69) is 16.0 Å². The van der Waals surface area contributed by atoms with E-state index in [0.29, 0.717) is 6.54 Å². The summed E-state index contributed by atoms with van der Waals surface area (Å²) >= 11 is 0. The van der Waals surface area contributed by atoms with Gasteiger partial charge < -0.3 is 21.1 Å². The minimum atomic E-state index is -1.14. The molecular weight excluding hydrogens is 262 g/mol. The van der Waals surface area contributed by atoms with Crippen molar-refractivity contribution in [2.75, 3.05) is 13.1 Å². The Kier molecular flexibility index (Phi) is 6.48. The highest BCUT2D eigenvalue weighted by atomic mass is 16.4. The number of amides is 3. The lowest BCUT2D eigenvalue weighted by Gasteiger charge is -2.38. The zero-order valence-electron chi connectivity index (χ0n) is 12.8. The summed E-state index contributed by atoms with van der Waals surface area (Å²) in [5, 5.41) is 16.8. The van der Waals surface area contributed by atoms with E-state index in [1.54, 1.807) is 13.8 Å². The summed E-state index contributed by atoms with van der Waals surface area (Å²) < 4.78 is 0. The second-order valence-corrected chi connectivity index (χ2v) is 5.71. The monoisotopic (exact) mass is 287 g/mol. The predicted molar refractivity (Wildman–Crippen MR) is 75.3 cm³/mol. The topological polar surface area (TPSA) is 108 Å². The zero-order chi connectivity index (χ0) is 16.0. The number of carbonyl (C=O) groups is 3. The fourth-order valence-corrected chi connectivity index (χ4v) is 1.24. The standard InChI is InChI=1S/C13H25N3O4/c1-6-7-14-9(17)8-15-11(20)16-13(4,5)12(2,3)10(18)19/h6-8H2,1-5H3,(H,14,17)(H,18,19)(H2,15,16,20). The summed E-state index contributed by atoms with van der Waals surface area (Å²) in [5.41, 5.74) is -2.11. The largest absolute Gasteiger partial charge is 0.481 e. The van der Waals surface area contributed by atoms with Crippen LogP contribution in [0.2, 0.25) is 0 Å². The molecule has 0 saturated carbocycles. The highest BCUT2D eigenvalue weighted by molar-refractivity contribution is 5.85. The minimum Gasteiger partial charge on any atom is -0.481 e. The van der Waals surface area contributed by atoms with Crippen LogP contribution >= 0.6 is 0 Å². The fraction of sp³-hybridized carbons (Fsp3) is 0.769. The van der Waals surface area contributed by atoms with Crippen molar-refractivity contribution in [2.24, 2.45) is 5.41 Å². The van der Waals surface area contributed by atoms with Crippen LogP contribution < -0.4 is 16.0 Å². The Balaban J connectivity index is 4.40. The average Bonchev–Trinajstić information content (AvgIpc) is 2.32. The maximum atomic E-state index is 11.7. The maximum Gasteiger partial charge on any atom is 0.315 e. The van der Waals surface area contributed by atoms with E-state index in [-0.39, 0.29) is 12.5 Å². The van der Waals surface area contributed by atoms with Crippen LogP contribution in [0, 0.1) is 5.41 Å². The van der Waals surface area contributed by atoms with Crippen LogP contribution in [0.4, 0.5) is 4.79 Å². The van der Waals surface area contributed by atoms with E-state index in [0.717, 1.165) is 6.42 Å². The lowest BCUT2D eigenvalue weighted by Crippen LogP contribution is -2.59. The molecule has 116 valence electrons. The lowest BCUT2D eigenvalue weighted by atomic mass is 9.74. The normalized spacial score (nSPS) is 11.7. The van der Waals surface area contributed by atoms with Crippen molar-refractivity contribution < 1.29 is 19.5 Å². The molecule has 0 aliphatic carbocycles. The number of carbonyl (C=O) groups excluding carboxylic acids is 2. The first-order valence-electron chi connectivity index (χ1n) is 6.60. The van der Waals surface area contributed by atoms with E-state index < -0.39 is 23.0 Å². The second-order valence-electron chi connectivity index (χ2n) is 5.71. The quantitative estimate of drug-likeness (QED) is 0.553. The van der Waals surface area contributed by atoms with Gasteiger partial charge in [-0.2, -0.15) is 0 Å². The van der Waals surface area contributed by atoms with Gasteiger partial charge in [0.2, 0.25) is 5.91 Å². The third-order valence-electron chi connectivity index (χ3n) is 3.50. The Morgan fingerprint density at radius 3 is 2.05 bits per heavy atom. The molecule has 0 radical (unpaired) electrons. The van der Waals surface area contributed by atoms with Gasteiger partial charge in [0.15, 0.2) is 0 Å². The van der Waals surface area contributed by atoms with Gasteiger partial charge in [-0.3, -0.25) is 9.59 Å². The van der Waals surface area contributed by atoms with Gasteiger partial charge in [0.25, 0.3) is 0 Å². The SMILES string of the molecule is CCCNC(=O)CNC(=O)NC(C)(C)C(C)(C)C(=O)O. The number of carboxylic acids is 1. The molecule has 0 aromatic carbocycles. The molecular formula is C13H25N3O4. The van der Waals surface area contributed by atoms with Crippen LogP contribution in [0.1, 0.15) is 41.0 Å². The van der Waals surface area contributed by atoms with Crippen molar-refractivity contribution in [1.29, 1.82) is 0 Å². The number of aliphatic carboxylic acids is 1. The molecule has 0 spiro atoms. The van der Waals surface area contributed by atoms with Gasteiger partial charge in [-0.05, 0) is 34.1 Å². The molecule has 0 rings (SSSR count). The van der Waals surface area contributed by atoms with E-state index in [4.69, 9.17) is 5.11 Å². The number of rotatable bonds is 7. The number of nitrogens with one attached hydrogen (secondary N) is 3. The molecule has 7 nitrogen and oxygen atoms in total. The molecule has 0 fully saturated rings. The molecule has 7 heteroatoms. The first-order chi connectivity index (χ1) is 9.04. The van der Waals surface area contributed by atoms with E-state index in [9.17, 15) is 14.4 Å². The first-order valence-corrected chi connectivity index (χ1v) is 6.60. The molecule has 0 aliphatic heterocycles.